The summed E-state index contributed by atoms with van der Waals surface area (Å²) in [6.45, 7) is 1.08. The molecular formula is C11H15N3O3. The highest BCUT2D eigenvalue weighted by atomic mass is 16.3. The molecular weight excluding hydrogens is 222 g/mol. The van der Waals surface area contributed by atoms with Gasteiger partial charge in [-0.25, -0.2) is 4.79 Å². The molecule has 92 valence electrons. The van der Waals surface area contributed by atoms with E-state index in [2.05, 4.69) is 5.32 Å². The van der Waals surface area contributed by atoms with Crippen molar-refractivity contribution in [2.75, 3.05) is 18.4 Å². The van der Waals surface area contributed by atoms with Crippen LogP contribution in [0.4, 0.5) is 10.7 Å². The monoisotopic (exact) mass is 237 g/mol. The maximum atomic E-state index is 11.8. The predicted molar refractivity (Wildman–Crippen MR) is 61.2 cm³/mol. The summed E-state index contributed by atoms with van der Waals surface area (Å²) in [6.07, 6.45) is 2.75. The van der Waals surface area contributed by atoms with E-state index in [-0.39, 0.29) is 17.9 Å². The van der Waals surface area contributed by atoms with Gasteiger partial charge in [0, 0.05) is 25.1 Å². The third kappa shape index (κ3) is 2.77. The second-order valence-electron chi connectivity index (χ2n) is 4.07. The van der Waals surface area contributed by atoms with Crippen molar-refractivity contribution in [3.63, 3.8) is 0 Å². The minimum atomic E-state index is -0.281. The molecule has 1 aromatic heterocycles. The Bertz CT molecular complexity index is 394. The summed E-state index contributed by atoms with van der Waals surface area (Å²) >= 11 is 0. The number of carbonyl (C=O) groups excluding carboxylic acids is 2. The van der Waals surface area contributed by atoms with E-state index in [9.17, 15) is 9.59 Å². The lowest BCUT2D eigenvalue weighted by molar-refractivity contribution is -0.122. The van der Waals surface area contributed by atoms with Crippen LogP contribution in [0.5, 0.6) is 0 Å². The van der Waals surface area contributed by atoms with Gasteiger partial charge in [0.15, 0.2) is 0 Å². The number of nitrogens with two attached hydrogens (primary N) is 1. The van der Waals surface area contributed by atoms with Gasteiger partial charge in [0.25, 0.3) is 0 Å². The van der Waals surface area contributed by atoms with Crippen LogP contribution in [0.15, 0.2) is 22.8 Å². The zero-order chi connectivity index (χ0) is 12.3. The molecule has 0 bridgehead atoms. The molecule has 1 saturated heterocycles. The van der Waals surface area contributed by atoms with E-state index < -0.39 is 0 Å². The molecule has 0 atom stereocenters. The number of likely N-dealkylation sites (tertiary alicyclic amines) is 1. The van der Waals surface area contributed by atoms with Gasteiger partial charge in [-0.2, -0.15) is 0 Å². The number of nitrogens with zero attached hydrogens (tertiary/aromatic N) is 1. The fourth-order valence-corrected chi connectivity index (χ4v) is 1.90. The Morgan fingerprint density at radius 1 is 1.41 bits per heavy atom. The van der Waals surface area contributed by atoms with E-state index in [1.54, 1.807) is 17.0 Å². The average Bonchev–Trinajstić information content (AvgIpc) is 2.82. The molecule has 1 aliphatic rings. The molecule has 1 aromatic rings. The first-order chi connectivity index (χ1) is 8.16. The highest BCUT2D eigenvalue weighted by molar-refractivity contribution is 5.88. The second-order valence-corrected chi connectivity index (χ2v) is 4.07. The van der Waals surface area contributed by atoms with E-state index in [4.69, 9.17) is 10.2 Å². The van der Waals surface area contributed by atoms with Crippen molar-refractivity contribution in [3.8, 4) is 0 Å². The third-order valence-corrected chi connectivity index (χ3v) is 2.94. The maximum absolute atomic E-state index is 11.8. The van der Waals surface area contributed by atoms with Crippen LogP contribution in [-0.4, -0.2) is 29.9 Å². The van der Waals surface area contributed by atoms with E-state index in [1.165, 1.54) is 6.26 Å². The van der Waals surface area contributed by atoms with Gasteiger partial charge >= 0.3 is 6.03 Å². The normalized spacial score (nSPS) is 16.8. The Balaban J connectivity index is 1.84. The topological polar surface area (TPSA) is 88.6 Å². The highest BCUT2D eigenvalue weighted by Crippen LogP contribution is 2.17. The maximum Gasteiger partial charge on any atom is 0.324 e. The predicted octanol–water partition coefficient (Wildman–Crippen LogP) is 1.01. The van der Waals surface area contributed by atoms with Gasteiger partial charge in [-0.1, -0.05) is 0 Å². The molecule has 2 rings (SSSR count). The molecule has 0 spiro atoms. The Kier molecular flexibility index (Phi) is 3.32. The molecule has 6 heteroatoms. The van der Waals surface area contributed by atoms with Crippen molar-refractivity contribution in [3.05, 3.63) is 18.4 Å². The molecule has 0 saturated carbocycles. The van der Waals surface area contributed by atoms with Gasteiger partial charge in [0.1, 0.15) is 0 Å². The molecule has 3 N–H and O–H groups in total. The number of carbonyl (C=O) groups is 2. The van der Waals surface area contributed by atoms with Gasteiger partial charge < -0.3 is 15.1 Å². The SMILES string of the molecule is NC(=O)C1CCN(C(=O)Nc2ccco2)CC1. The average molecular weight is 237 g/mol. The standard InChI is InChI=1S/C11H15N3O3/c12-10(15)8-3-5-14(6-4-8)11(16)13-9-2-1-7-17-9/h1-2,7-8H,3-6H2,(H2,12,15)(H,13,16). The summed E-state index contributed by atoms with van der Waals surface area (Å²) in [6, 6.07) is 3.17. The molecule has 2 heterocycles. The Labute approximate surface area is 98.7 Å². The van der Waals surface area contributed by atoms with Crippen LogP contribution < -0.4 is 11.1 Å². The first kappa shape index (κ1) is 11.5. The number of anilines is 1. The summed E-state index contributed by atoms with van der Waals surface area (Å²) in [4.78, 5) is 24.4. The Morgan fingerprint density at radius 3 is 2.65 bits per heavy atom. The zero-order valence-corrected chi connectivity index (χ0v) is 9.39. The quantitative estimate of drug-likeness (QED) is 0.804. The van der Waals surface area contributed by atoms with Crippen molar-refractivity contribution in [2.45, 2.75) is 12.8 Å². The highest BCUT2D eigenvalue weighted by Gasteiger charge is 2.25. The second kappa shape index (κ2) is 4.90. The largest absolute Gasteiger partial charge is 0.449 e. The first-order valence-corrected chi connectivity index (χ1v) is 5.55. The van der Waals surface area contributed by atoms with Crippen LogP contribution in [0, 0.1) is 5.92 Å². The summed E-state index contributed by atoms with van der Waals surface area (Å²) in [7, 11) is 0. The number of furan rings is 1. The van der Waals surface area contributed by atoms with Gasteiger partial charge in [-0.3, -0.25) is 10.1 Å². The van der Waals surface area contributed by atoms with Crippen molar-refractivity contribution in [1.82, 2.24) is 4.90 Å². The molecule has 1 fully saturated rings. The molecule has 0 aliphatic carbocycles. The lowest BCUT2D eigenvalue weighted by atomic mass is 9.96. The summed E-state index contributed by atoms with van der Waals surface area (Å²) in [5, 5.41) is 2.64. The number of hydrogen-bond donors (Lipinski definition) is 2. The Morgan fingerprint density at radius 2 is 2.12 bits per heavy atom. The molecule has 0 radical (unpaired) electrons. The molecule has 3 amide bonds. The number of hydrogen-bond acceptors (Lipinski definition) is 3. The van der Waals surface area contributed by atoms with Gasteiger partial charge in [0.05, 0.1) is 6.26 Å². The van der Waals surface area contributed by atoms with E-state index in [0.717, 1.165) is 0 Å². The molecule has 6 nitrogen and oxygen atoms in total. The van der Waals surface area contributed by atoms with Crippen molar-refractivity contribution in [2.24, 2.45) is 11.7 Å². The summed E-state index contributed by atoms with van der Waals surface area (Å²) in [5.74, 6) is 0.0331. The van der Waals surface area contributed by atoms with Crippen LogP contribution in [0.2, 0.25) is 0 Å². The van der Waals surface area contributed by atoms with Crippen LogP contribution in [0.25, 0.3) is 0 Å². The molecule has 0 unspecified atom stereocenters. The van der Waals surface area contributed by atoms with Gasteiger partial charge in [0.2, 0.25) is 11.8 Å². The number of amides is 3. The minimum absolute atomic E-state index is 0.109. The van der Waals surface area contributed by atoms with E-state index in [1.807, 2.05) is 0 Å². The number of rotatable bonds is 2. The fraction of sp³-hybridized carbons (Fsp3) is 0.455. The zero-order valence-electron chi connectivity index (χ0n) is 9.39. The van der Waals surface area contributed by atoms with Crippen LogP contribution >= 0.6 is 0 Å². The third-order valence-electron chi connectivity index (χ3n) is 2.94. The number of primary amides is 1. The van der Waals surface area contributed by atoms with E-state index in [0.29, 0.717) is 31.8 Å². The van der Waals surface area contributed by atoms with Gasteiger partial charge in [-0.05, 0) is 18.9 Å². The number of nitrogens with one attached hydrogen (secondary N) is 1. The molecule has 17 heavy (non-hydrogen) atoms. The van der Waals surface area contributed by atoms with Crippen molar-refractivity contribution in [1.29, 1.82) is 0 Å². The number of urea groups is 1. The Hall–Kier alpha value is -1.98. The smallest absolute Gasteiger partial charge is 0.324 e. The van der Waals surface area contributed by atoms with Crippen LogP contribution in [0.3, 0.4) is 0 Å². The van der Waals surface area contributed by atoms with E-state index >= 15 is 0 Å². The number of piperidine rings is 1. The lowest BCUT2D eigenvalue weighted by Crippen LogP contribution is -2.43. The fourth-order valence-electron chi connectivity index (χ4n) is 1.90. The summed E-state index contributed by atoms with van der Waals surface area (Å²) in [5.41, 5.74) is 5.23. The van der Waals surface area contributed by atoms with Crippen molar-refractivity contribution < 1.29 is 14.0 Å². The molecule has 0 aromatic carbocycles. The lowest BCUT2D eigenvalue weighted by Gasteiger charge is -2.30. The molecule has 1 aliphatic heterocycles. The van der Waals surface area contributed by atoms with Gasteiger partial charge in [-0.15, -0.1) is 0 Å². The first-order valence-electron chi connectivity index (χ1n) is 5.55. The van der Waals surface area contributed by atoms with Crippen LogP contribution in [-0.2, 0) is 4.79 Å². The van der Waals surface area contributed by atoms with Crippen LogP contribution in [0.1, 0.15) is 12.8 Å². The summed E-state index contributed by atoms with van der Waals surface area (Å²) < 4.78 is 5.02. The minimum Gasteiger partial charge on any atom is -0.449 e. The van der Waals surface area contributed by atoms with Crippen molar-refractivity contribution >= 4 is 17.8 Å².